The van der Waals surface area contributed by atoms with E-state index in [9.17, 15) is 14.4 Å². The van der Waals surface area contributed by atoms with Gasteiger partial charge in [0.2, 0.25) is 11.8 Å². The molecule has 9 heteroatoms. The molecule has 0 spiro atoms. The van der Waals surface area contributed by atoms with Crippen molar-refractivity contribution in [3.63, 3.8) is 0 Å². The summed E-state index contributed by atoms with van der Waals surface area (Å²) in [6.45, 7) is 4.30. The van der Waals surface area contributed by atoms with Crippen LogP contribution in [0, 0.1) is 5.92 Å². The molecule has 33 heavy (non-hydrogen) atoms. The molecule has 0 saturated carbocycles. The number of carbonyl (C=O) groups excluding carboxylic acids is 3. The third kappa shape index (κ3) is 6.10. The van der Waals surface area contributed by atoms with E-state index in [0.717, 1.165) is 25.3 Å². The number of nitrogens with one attached hydrogen (secondary N) is 1. The van der Waals surface area contributed by atoms with Crippen LogP contribution in [0.25, 0.3) is 0 Å². The standard InChI is InChI=1S/C24H31N5O3S/c30-22-9-13-28(24(32)20-6-4-18-33-20)12-3-5-19(8-11-26-22)23(31)29-16-14-27(15-17-29)21-7-1-2-10-25-21/h1-2,4,6-7,10,18-19H,3,5,8-9,11-17H2,(H,26,30). The molecule has 2 aliphatic rings. The summed E-state index contributed by atoms with van der Waals surface area (Å²) < 4.78 is 0. The van der Waals surface area contributed by atoms with Crippen molar-refractivity contribution in [3.8, 4) is 0 Å². The number of hydrogen-bond donors (Lipinski definition) is 1. The van der Waals surface area contributed by atoms with E-state index in [4.69, 9.17) is 0 Å². The highest BCUT2D eigenvalue weighted by molar-refractivity contribution is 7.12. The van der Waals surface area contributed by atoms with Crippen LogP contribution in [0.15, 0.2) is 41.9 Å². The molecule has 3 amide bonds. The number of rotatable bonds is 3. The van der Waals surface area contributed by atoms with E-state index in [-0.39, 0.29) is 30.1 Å². The quantitative estimate of drug-likeness (QED) is 0.745. The summed E-state index contributed by atoms with van der Waals surface area (Å²) in [5.74, 6) is 0.836. The molecule has 0 aliphatic carbocycles. The highest BCUT2D eigenvalue weighted by atomic mass is 32.1. The first-order valence-corrected chi connectivity index (χ1v) is 12.5. The molecule has 8 nitrogen and oxygen atoms in total. The number of nitrogens with zero attached hydrogens (tertiary/aromatic N) is 4. The Morgan fingerprint density at radius 3 is 2.55 bits per heavy atom. The van der Waals surface area contributed by atoms with Crippen molar-refractivity contribution in [1.82, 2.24) is 20.1 Å². The van der Waals surface area contributed by atoms with Gasteiger partial charge in [0.25, 0.3) is 5.91 Å². The average molecular weight is 470 g/mol. The molecule has 2 fully saturated rings. The molecule has 0 bridgehead atoms. The predicted octanol–water partition coefficient (Wildman–Crippen LogP) is 2.24. The lowest BCUT2D eigenvalue weighted by Crippen LogP contribution is -2.51. The van der Waals surface area contributed by atoms with Crippen molar-refractivity contribution >= 4 is 34.9 Å². The molecule has 1 atom stereocenters. The smallest absolute Gasteiger partial charge is 0.263 e. The normalized spacial score (nSPS) is 20.7. The Morgan fingerprint density at radius 2 is 1.82 bits per heavy atom. The monoisotopic (exact) mass is 469 g/mol. The van der Waals surface area contributed by atoms with Crippen LogP contribution in [-0.2, 0) is 9.59 Å². The summed E-state index contributed by atoms with van der Waals surface area (Å²) in [6.07, 6.45) is 4.16. The Balaban J connectivity index is 1.35. The fraction of sp³-hybridized carbons (Fsp3) is 0.500. The van der Waals surface area contributed by atoms with E-state index >= 15 is 0 Å². The van der Waals surface area contributed by atoms with Gasteiger partial charge in [0, 0.05) is 64.3 Å². The molecule has 4 rings (SSSR count). The van der Waals surface area contributed by atoms with Crippen molar-refractivity contribution in [3.05, 3.63) is 46.8 Å². The summed E-state index contributed by atoms with van der Waals surface area (Å²) in [7, 11) is 0. The average Bonchev–Trinajstić information content (AvgIpc) is 3.38. The maximum Gasteiger partial charge on any atom is 0.263 e. The molecule has 2 aliphatic heterocycles. The molecule has 2 aromatic rings. The second-order valence-corrected chi connectivity index (χ2v) is 9.45. The lowest BCUT2D eigenvalue weighted by Gasteiger charge is -2.37. The van der Waals surface area contributed by atoms with Crippen molar-refractivity contribution in [2.45, 2.75) is 25.7 Å². The number of carbonyl (C=O) groups is 3. The Bertz CT molecular complexity index is 929. The number of anilines is 1. The van der Waals surface area contributed by atoms with E-state index in [1.807, 2.05) is 40.6 Å². The molecule has 2 saturated heterocycles. The Hall–Kier alpha value is -2.94. The highest BCUT2D eigenvalue weighted by Gasteiger charge is 2.28. The molecule has 1 unspecified atom stereocenters. The fourth-order valence-corrected chi connectivity index (χ4v) is 5.15. The van der Waals surface area contributed by atoms with E-state index in [0.29, 0.717) is 50.4 Å². The van der Waals surface area contributed by atoms with E-state index in [1.165, 1.54) is 11.3 Å². The van der Waals surface area contributed by atoms with Crippen molar-refractivity contribution in [2.24, 2.45) is 5.92 Å². The van der Waals surface area contributed by atoms with Crippen LogP contribution in [-0.4, -0.2) is 78.3 Å². The topological polar surface area (TPSA) is 85.9 Å². The number of piperazine rings is 1. The van der Waals surface area contributed by atoms with Crippen molar-refractivity contribution in [2.75, 3.05) is 50.7 Å². The van der Waals surface area contributed by atoms with E-state index < -0.39 is 0 Å². The molecular formula is C24H31N5O3S. The minimum absolute atomic E-state index is 0.0365. The maximum absolute atomic E-state index is 13.3. The molecule has 1 N–H and O–H groups in total. The van der Waals surface area contributed by atoms with Gasteiger partial charge in [-0.3, -0.25) is 14.4 Å². The summed E-state index contributed by atoms with van der Waals surface area (Å²) in [5.41, 5.74) is 0. The van der Waals surface area contributed by atoms with Gasteiger partial charge in [-0.1, -0.05) is 12.1 Å². The second-order valence-electron chi connectivity index (χ2n) is 8.50. The molecule has 176 valence electrons. The third-order valence-corrected chi connectivity index (χ3v) is 7.20. The SMILES string of the molecule is O=C1CCN(C(=O)c2cccs2)CCCC(C(=O)N2CCN(c3ccccn3)CC2)CCN1. The molecule has 0 aromatic carbocycles. The zero-order valence-electron chi connectivity index (χ0n) is 18.8. The summed E-state index contributed by atoms with van der Waals surface area (Å²) in [6, 6.07) is 9.55. The first-order valence-electron chi connectivity index (χ1n) is 11.7. The predicted molar refractivity (Wildman–Crippen MR) is 128 cm³/mol. The van der Waals surface area contributed by atoms with Gasteiger partial charge >= 0.3 is 0 Å². The molecular weight excluding hydrogens is 438 g/mol. The largest absolute Gasteiger partial charge is 0.356 e. The third-order valence-electron chi connectivity index (χ3n) is 6.34. The second kappa shape index (κ2) is 11.3. The van der Waals surface area contributed by atoms with Crippen LogP contribution in [0.5, 0.6) is 0 Å². The molecule has 2 aromatic heterocycles. The summed E-state index contributed by atoms with van der Waals surface area (Å²) in [4.78, 5) is 49.4. The summed E-state index contributed by atoms with van der Waals surface area (Å²) >= 11 is 1.41. The van der Waals surface area contributed by atoms with Gasteiger partial charge in [-0.2, -0.15) is 0 Å². The van der Waals surface area contributed by atoms with Gasteiger partial charge in [-0.25, -0.2) is 4.98 Å². The van der Waals surface area contributed by atoms with Crippen LogP contribution in [0.1, 0.15) is 35.4 Å². The van der Waals surface area contributed by atoms with Gasteiger partial charge in [0.15, 0.2) is 0 Å². The zero-order chi connectivity index (χ0) is 23.0. The number of pyridine rings is 1. The number of thiophene rings is 1. The Morgan fingerprint density at radius 1 is 0.970 bits per heavy atom. The first kappa shape index (κ1) is 23.2. The van der Waals surface area contributed by atoms with Crippen LogP contribution >= 0.6 is 11.3 Å². The lowest BCUT2D eigenvalue weighted by molar-refractivity contribution is -0.136. The molecule has 4 heterocycles. The van der Waals surface area contributed by atoms with Crippen LogP contribution in [0.2, 0.25) is 0 Å². The van der Waals surface area contributed by atoms with Gasteiger partial charge < -0.3 is 20.0 Å². The lowest BCUT2D eigenvalue weighted by atomic mass is 9.97. The van der Waals surface area contributed by atoms with Crippen LogP contribution < -0.4 is 10.2 Å². The Labute approximate surface area is 198 Å². The first-order chi connectivity index (χ1) is 16.1. The number of hydrogen-bond acceptors (Lipinski definition) is 6. The van der Waals surface area contributed by atoms with E-state index in [2.05, 4.69) is 15.2 Å². The maximum atomic E-state index is 13.3. The fourth-order valence-electron chi connectivity index (χ4n) is 4.46. The minimum Gasteiger partial charge on any atom is -0.356 e. The molecule has 0 radical (unpaired) electrons. The van der Waals surface area contributed by atoms with Gasteiger partial charge in [0.1, 0.15) is 5.82 Å². The summed E-state index contributed by atoms with van der Waals surface area (Å²) in [5, 5.41) is 4.81. The van der Waals surface area contributed by atoms with Crippen molar-refractivity contribution < 1.29 is 14.4 Å². The highest BCUT2D eigenvalue weighted by Crippen LogP contribution is 2.20. The minimum atomic E-state index is -0.150. The van der Waals surface area contributed by atoms with Crippen molar-refractivity contribution in [1.29, 1.82) is 0 Å². The number of amides is 3. The van der Waals surface area contributed by atoms with E-state index in [1.54, 1.807) is 11.1 Å². The van der Waals surface area contributed by atoms with Gasteiger partial charge in [-0.05, 0) is 42.8 Å². The van der Waals surface area contributed by atoms with Crippen LogP contribution in [0.3, 0.4) is 0 Å². The van der Waals surface area contributed by atoms with Crippen LogP contribution in [0.4, 0.5) is 5.82 Å². The number of aromatic nitrogens is 1. The zero-order valence-corrected chi connectivity index (χ0v) is 19.6. The van der Waals surface area contributed by atoms with Gasteiger partial charge in [0.05, 0.1) is 4.88 Å². The van der Waals surface area contributed by atoms with Gasteiger partial charge in [-0.15, -0.1) is 11.3 Å². The Kier molecular flexibility index (Phi) is 7.93.